The van der Waals surface area contributed by atoms with E-state index in [1.54, 1.807) is 0 Å². The van der Waals surface area contributed by atoms with Crippen LogP contribution in [0.2, 0.25) is 0 Å². The van der Waals surface area contributed by atoms with Gasteiger partial charge in [-0.3, -0.25) is 0 Å². The molecule has 0 radical (unpaired) electrons. The van der Waals surface area contributed by atoms with Crippen molar-refractivity contribution in [1.82, 2.24) is 3.95 Å². The van der Waals surface area contributed by atoms with Crippen molar-refractivity contribution in [3.63, 3.8) is 0 Å². The van der Waals surface area contributed by atoms with E-state index in [0.717, 1.165) is 11.1 Å². The molecule has 0 heterocycles. The van der Waals surface area contributed by atoms with Crippen LogP contribution in [-0.2, 0) is 12.1 Å². The number of hydrogen-bond acceptors (Lipinski definition) is 3. The number of benzene rings is 2. The van der Waals surface area contributed by atoms with Crippen molar-refractivity contribution in [2.45, 2.75) is 53.6 Å². The molecule has 3 nitrogen and oxygen atoms in total. The van der Waals surface area contributed by atoms with E-state index in [0.29, 0.717) is 13.1 Å². The summed E-state index contributed by atoms with van der Waals surface area (Å²) in [5.41, 5.74) is 22.8. The Kier molecular flexibility index (Phi) is 8.41. The second kappa shape index (κ2) is 9.94. The van der Waals surface area contributed by atoms with Crippen molar-refractivity contribution in [3.05, 3.63) is 68.8 Å². The van der Waals surface area contributed by atoms with Gasteiger partial charge in [0.15, 0.2) is 0 Å². The molecule has 6 heteroatoms. The Hall–Kier alpha value is -0.594. The Morgan fingerprint density at radius 1 is 0.714 bits per heavy atom. The standard InChI is InChI=1S/C22H32N3.2ClH.Co/c1-13-7-15(3)21(16(4)8-13)19(23)11-25-12-20(24)22-17(5)9-14(2)10-18(22)6;;;/h7-10,19-20H,11-12,23-24H2,1-6H3;2*1H;/q-1;;;+3/p-2. The molecule has 2 aromatic carbocycles. The van der Waals surface area contributed by atoms with Crippen LogP contribution in [-0.4, -0.2) is 17.0 Å². The zero-order chi connectivity index (χ0) is 21.2. The fourth-order valence-electron chi connectivity index (χ4n) is 4.31. The van der Waals surface area contributed by atoms with Gasteiger partial charge in [0.2, 0.25) is 0 Å². The van der Waals surface area contributed by atoms with Crippen molar-refractivity contribution in [2.24, 2.45) is 11.5 Å². The molecule has 0 aromatic heterocycles. The van der Waals surface area contributed by atoms with Crippen molar-refractivity contribution in [3.8, 4) is 0 Å². The van der Waals surface area contributed by atoms with Gasteiger partial charge in [0, 0.05) is 0 Å². The van der Waals surface area contributed by atoms with Gasteiger partial charge in [-0.2, -0.15) is 0 Å². The molecular formula is C22H32Cl2CoN3. The van der Waals surface area contributed by atoms with Gasteiger partial charge >= 0.3 is 183 Å². The second-order valence-corrected chi connectivity index (χ2v) is 11.5. The third-order valence-corrected chi connectivity index (χ3v) is 7.34. The van der Waals surface area contributed by atoms with Gasteiger partial charge in [-0.15, -0.1) is 0 Å². The minimum absolute atomic E-state index is 0.171. The van der Waals surface area contributed by atoms with Gasteiger partial charge in [0.05, 0.1) is 0 Å². The van der Waals surface area contributed by atoms with Gasteiger partial charge in [-0.1, -0.05) is 0 Å². The second-order valence-electron chi connectivity index (χ2n) is 7.80. The maximum absolute atomic E-state index is 6.59. The summed E-state index contributed by atoms with van der Waals surface area (Å²) in [5.74, 6) is 0. The Morgan fingerprint density at radius 3 is 1.25 bits per heavy atom. The monoisotopic (exact) mass is 467 g/mol. The average Bonchev–Trinajstić information content (AvgIpc) is 2.51. The van der Waals surface area contributed by atoms with E-state index in [2.05, 4.69) is 65.8 Å². The molecular weight excluding hydrogens is 436 g/mol. The Bertz CT molecular complexity index is 727. The number of aryl methyl sites for hydroxylation is 6. The quantitative estimate of drug-likeness (QED) is 0.574. The van der Waals surface area contributed by atoms with Crippen molar-refractivity contribution in [2.75, 3.05) is 13.1 Å². The molecule has 2 rings (SSSR count). The average molecular weight is 468 g/mol. The SMILES string of the molecule is Cc1cc(C)c(C(N)C[N](CC(N)c2c(C)cc(C)cc2C)[Co]([Cl])[Cl])c(C)c1. The topological polar surface area (TPSA) is 55.3 Å². The van der Waals surface area contributed by atoms with E-state index in [9.17, 15) is 0 Å². The number of nitrogens with two attached hydrogens (primary N) is 2. The van der Waals surface area contributed by atoms with E-state index in [4.69, 9.17) is 31.8 Å². The summed E-state index contributed by atoms with van der Waals surface area (Å²) in [4.78, 5) is 0. The summed E-state index contributed by atoms with van der Waals surface area (Å²) in [6.45, 7) is 13.8. The van der Waals surface area contributed by atoms with Crippen molar-refractivity contribution in [1.29, 1.82) is 0 Å². The van der Waals surface area contributed by atoms with Crippen LogP contribution < -0.4 is 11.5 Å². The summed E-state index contributed by atoms with van der Waals surface area (Å²) in [6, 6.07) is 8.33. The molecule has 2 aromatic rings. The molecule has 2 unspecified atom stereocenters. The number of nitrogens with zero attached hydrogens (tertiary/aromatic N) is 1. The van der Waals surface area contributed by atoms with Crippen molar-refractivity contribution < 1.29 is 12.1 Å². The molecule has 0 fully saturated rings. The van der Waals surface area contributed by atoms with Crippen LogP contribution in [0.25, 0.3) is 0 Å². The van der Waals surface area contributed by atoms with E-state index < -0.39 is 12.1 Å². The number of hydrogen-bond donors (Lipinski definition) is 2. The maximum atomic E-state index is 6.59. The predicted octanol–water partition coefficient (Wildman–Crippen LogP) is 5.38. The molecule has 0 aliphatic heterocycles. The van der Waals surface area contributed by atoms with Gasteiger partial charge in [0.1, 0.15) is 0 Å². The van der Waals surface area contributed by atoms with E-state index in [1.165, 1.54) is 33.4 Å². The zero-order valence-corrected chi connectivity index (χ0v) is 20.1. The summed E-state index contributed by atoms with van der Waals surface area (Å²) in [7, 11) is 12.7. The number of rotatable bonds is 7. The Labute approximate surface area is 182 Å². The van der Waals surface area contributed by atoms with Crippen LogP contribution in [0.5, 0.6) is 0 Å². The van der Waals surface area contributed by atoms with Gasteiger partial charge in [0.25, 0.3) is 0 Å². The third kappa shape index (κ3) is 5.73. The Balaban J connectivity index is 2.23. The summed E-state index contributed by atoms with van der Waals surface area (Å²) in [6.07, 6.45) is 0. The zero-order valence-electron chi connectivity index (χ0n) is 17.6. The fourth-order valence-corrected chi connectivity index (χ4v) is 5.77. The first-order chi connectivity index (χ1) is 13.0. The summed E-state index contributed by atoms with van der Waals surface area (Å²) < 4.78 is 2.02. The number of halogens is 2. The van der Waals surface area contributed by atoms with Gasteiger partial charge < -0.3 is 0 Å². The molecule has 0 bridgehead atoms. The first-order valence-electron chi connectivity index (χ1n) is 9.40. The van der Waals surface area contributed by atoms with Crippen LogP contribution in [0.3, 0.4) is 0 Å². The molecule has 2 atom stereocenters. The molecule has 0 aliphatic rings. The predicted molar refractivity (Wildman–Crippen MR) is 118 cm³/mol. The molecule has 4 N–H and O–H groups in total. The van der Waals surface area contributed by atoms with Crippen LogP contribution in [0.1, 0.15) is 56.6 Å². The normalized spacial score (nSPS) is 14.3. The molecule has 0 amide bonds. The van der Waals surface area contributed by atoms with E-state index in [1.807, 2.05) is 3.95 Å². The van der Waals surface area contributed by atoms with Gasteiger partial charge in [-0.25, -0.2) is 0 Å². The Morgan fingerprint density at radius 2 is 1.00 bits per heavy atom. The molecule has 0 spiro atoms. The van der Waals surface area contributed by atoms with Crippen molar-refractivity contribution >= 4 is 20.3 Å². The van der Waals surface area contributed by atoms with Crippen LogP contribution in [0.15, 0.2) is 24.3 Å². The van der Waals surface area contributed by atoms with Crippen LogP contribution in [0, 0.1) is 41.5 Å². The van der Waals surface area contributed by atoms with Gasteiger partial charge in [-0.05, 0) is 0 Å². The van der Waals surface area contributed by atoms with E-state index in [-0.39, 0.29) is 12.1 Å². The molecule has 158 valence electrons. The summed E-state index contributed by atoms with van der Waals surface area (Å²) >= 11 is -1.32. The third-order valence-electron chi connectivity index (χ3n) is 5.15. The molecule has 0 aliphatic carbocycles. The molecule has 0 saturated heterocycles. The summed E-state index contributed by atoms with van der Waals surface area (Å²) in [5, 5.41) is 0. The first-order valence-corrected chi connectivity index (χ1v) is 12.7. The minimum atomic E-state index is -1.32. The van der Waals surface area contributed by atoms with E-state index >= 15 is 0 Å². The van der Waals surface area contributed by atoms with Crippen LogP contribution >= 0.6 is 20.3 Å². The fraction of sp³-hybridized carbons (Fsp3) is 0.455. The molecule has 28 heavy (non-hydrogen) atoms. The molecule has 0 saturated carbocycles. The first kappa shape index (κ1) is 23.7. The van der Waals surface area contributed by atoms with Crippen LogP contribution in [0.4, 0.5) is 0 Å².